The molecule has 2 rings (SSSR count). The Morgan fingerprint density at radius 2 is 1.93 bits per heavy atom. The van der Waals surface area contributed by atoms with Crippen molar-refractivity contribution in [2.24, 2.45) is 5.92 Å². The van der Waals surface area contributed by atoms with Crippen LogP contribution in [-0.2, 0) is 4.79 Å². The van der Waals surface area contributed by atoms with Crippen LogP contribution in [0.15, 0.2) is 47.9 Å². The fourth-order valence-electron chi connectivity index (χ4n) is 1.88. The highest BCUT2D eigenvalue weighted by atomic mass is 32.1. The Hall–Kier alpha value is -2.71. The number of amides is 2. The summed E-state index contributed by atoms with van der Waals surface area (Å²) < 4.78 is 5.57. The summed E-state index contributed by atoms with van der Waals surface area (Å²) in [5, 5.41) is 4.37. The Labute approximate surface area is 167 Å². The number of carbonyl (C=O) groups is 2. The Morgan fingerprint density at radius 1 is 1.19 bits per heavy atom. The van der Waals surface area contributed by atoms with Crippen molar-refractivity contribution in [3.05, 3.63) is 58.3 Å². The van der Waals surface area contributed by atoms with Gasteiger partial charge in [-0.25, -0.2) is 0 Å². The standard InChI is InChI=1S/C19H21N3O3S2/c1-13(2)12-25-15-7-5-14(6-8-15)18(24)21-22-19(26)20-17(23)10-9-16-4-3-11-27-16/h3-11,13H,12H2,1-2H3,(H,21,24)(H2,20,22,23,26)/b10-9+. The van der Waals surface area contributed by atoms with Gasteiger partial charge in [-0.3, -0.25) is 25.8 Å². The molecule has 142 valence electrons. The number of nitrogens with one attached hydrogen (secondary N) is 3. The molecule has 27 heavy (non-hydrogen) atoms. The van der Waals surface area contributed by atoms with Crippen LogP contribution in [-0.4, -0.2) is 23.5 Å². The molecule has 3 N–H and O–H groups in total. The van der Waals surface area contributed by atoms with E-state index in [0.717, 1.165) is 4.88 Å². The molecule has 0 saturated heterocycles. The summed E-state index contributed by atoms with van der Waals surface area (Å²) in [4.78, 5) is 24.8. The predicted octanol–water partition coefficient (Wildman–Crippen LogP) is 3.13. The van der Waals surface area contributed by atoms with E-state index in [2.05, 4.69) is 30.0 Å². The van der Waals surface area contributed by atoms with E-state index in [0.29, 0.717) is 23.8 Å². The van der Waals surface area contributed by atoms with Crippen LogP contribution in [0.2, 0.25) is 0 Å². The first-order chi connectivity index (χ1) is 12.9. The van der Waals surface area contributed by atoms with Crippen LogP contribution in [0, 0.1) is 5.92 Å². The van der Waals surface area contributed by atoms with Crippen LogP contribution in [0.1, 0.15) is 29.1 Å². The van der Waals surface area contributed by atoms with Gasteiger partial charge in [0, 0.05) is 16.5 Å². The van der Waals surface area contributed by atoms with Gasteiger partial charge in [0.15, 0.2) is 5.11 Å². The Kier molecular flexibility index (Phi) is 7.97. The Balaban J connectivity index is 1.75. The van der Waals surface area contributed by atoms with Crippen LogP contribution in [0.25, 0.3) is 6.08 Å². The minimum Gasteiger partial charge on any atom is -0.493 e. The molecule has 0 spiro atoms. The zero-order valence-corrected chi connectivity index (χ0v) is 16.7. The second kappa shape index (κ2) is 10.4. The number of benzene rings is 1. The molecule has 0 aliphatic heterocycles. The summed E-state index contributed by atoms with van der Waals surface area (Å²) in [5.41, 5.74) is 5.37. The SMILES string of the molecule is CC(C)COc1ccc(C(=O)NNC(=S)NC(=O)/C=C/c2cccs2)cc1. The van der Waals surface area contributed by atoms with Gasteiger partial charge >= 0.3 is 0 Å². The second-order valence-electron chi connectivity index (χ2n) is 5.98. The molecule has 0 aliphatic carbocycles. The molecule has 6 nitrogen and oxygen atoms in total. The molecule has 2 aromatic rings. The summed E-state index contributed by atoms with van der Waals surface area (Å²) in [6.45, 7) is 4.74. The van der Waals surface area contributed by atoms with Gasteiger partial charge in [0.1, 0.15) is 5.75 Å². The lowest BCUT2D eigenvalue weighted by Crippen LogP contribution is -2.48. The number of rotatable bonds is 6. The maximum absolute atomic E-state index is 12.1. The van der Waals surface area contributed by atoms with Crippen molar-refractivity contribution >= 4 is 46.6 Å². The van der Waals surface area contributed by atoms with Crippen LogP contribution in [0.5, 0.6) is 5.75 Å². The molecule has 0 saturated carbocycles. The molecule has 1 aromatic heterocycles. The number of hydrazine groups is 1. The molecule has 1 heterocycles. The zero-order valence-electron chi connectivity index (χ0n) is 15.0. The smallest absolute Gasteiger partial charge is 0.269 e. The fraction of sp³-hybridized carbons (Fsp3) is 0.211. The number of hydrogen-bond donors (Lipinski definition) is 3. The van der Waals surface area contributed by atoms with Crippen molar-refractivity contribution in [3.8, 4) is 5.75 Å². The molecule has 1 aromatic carbocycles. The topological polar surface area (TPSA) is 79.5 Å². The Morgan fingerprint density at radius 3 is 2.56 bits per heavy atom. The first kappa shape index (κ1) is 20.6. The van der Waals surface area contributed by atoms with Crippen LogP contribution >= 0.6 is 23.6 Å². The van der Waals surface area contributed by atoms with Gasteiger partial charge in [0.25, 0.3) is 5.91 Å². The van der Waals surface area contributed by atoms with E-state index in [-0.39, 0.29) is 16.9 Å². The normalized spacial score (nSPS) is 10.6. The number of thiophene rings is 1. The van der Waals surface area contributed by atoms with Crippen molar-refractivity contribution in [3.63, 3.8) is 0 Å². The average Bonchev–Trinajstić information content (AvgIpc) is 3.17. The van der Waals surface area contributed by atoms with E-state index in [1.165, 1.54) is 17.4 Å². The first-order valence-electron chi connectivity index (χ1n) is 8.30. The van der Waals surface area contributed by atoms with E-state index in [1.54, 1.807) is 30.3 Å². The van der Waals surface area contributed by atoms with Crippen LogP contribution in [0.3, 0.4) is 0 Å². The molecule has 0 atom stereocenters. The maximum atomic E-state index is 12.1. The molecular formula is C19H21N3O3S2. The largest absolute Gasteiger partial charge is 0.493 e. The molecule has 0 aliphatic rings. The lowest BCUT2D eigenvalue weighted by molar-refractivity contribution is -0.115. The number of ether oxygens (including phenoxy) is 1. The monoisotopic (exact) mass is 403 g/mol. The second-order valence-corrected chi connectivity index (χ2v) is 7.36. The summed E-state index contributed by atoms with van der Waals surface area (Å²) in [5.74, 6) is 0.361. The minimum atomic E-state index is -0.387. The van der Waals surface area contributed by atoms with Gasteiger partial charge in [-0.1, -0.05) is 19.9 Å². The van der Waals surface area contributed by atoms with Gasteiger partial charge in [-0.05, 0) is 59.9 Å². The van der Waals surface area contributed by atoms with Crippen molar-refractivity contribution in [1.29, 1.82) is 0 Å². The van der Waals surface area contributed by atoms with Gasteiger partial charge in [-0.15, -0.1) is 11.3 Å². The molecule has 2 amide bonds. The van der Waals surface area contributed by atoms with E-state index < -0.39 is 0 Å². The van der Waals surface area contributed by atoms with Crippen LogP contribution in [0.4, 0.5) is 0 Å². The summed E-state index contributed by atoms with van der Waals surface area (Å²) in [7, 11) is 0. The van der Waals surface area contributed by atoms with E-state index >= 15 is 0 Å². The van der Waals surface area contributed by atoms with Gasteiger partial charge < -0.3 is 4.74 Å². The number of carbonyl (C=O) groups excluding carboxylic acids is 2. The summed E-state index contributed by atoms with van der Waals surface area (Å²) >= 11 is 6.50. The molecule has 0 fully saturated rings. The zero-order chi connectivity index (χ0) is 19.6. The van der Waals surface area contributed by atoms with Crippen molar-refractivity contribution < 1.29 is 14.3 Å². The summed E-state index contributed by atoms with van der Waals surface area (Å²) in [6, 6.07) is 10.5. The van der Waals surface area contributed by atoms with Gasteiger partial charge in [0.05, 0.1) is 6.61 Å². The highest BCUT2D eigenvalue weighted by Crippen LogP contribution is 2.13. The van der Waals surface area contributed by atoms with Crippen molar-refractivity contribution in [2.75, 3.05) is 6.61 Å². The number of hydrogen-bond acceptors (Lipinski definition) is 5. The summed E-state index contributed by atoms with van der Waals surface area (Å²) in [6.07, 6.45) is 3.06. The molecule has 0 radical (unpaired) electrons. The fourth-order valence-corrected chi connectivity index (χ4v) is 2.65. The predicted molar refractivity (Wildman–Crippen MR) is 111 cm³/mol. The van der Waals surface area contributed by atoms with Crippen molar-refractivity contribution in [1.82, 2.24) is 16.2 Å². The van der Waals surface area contributed by atoms with E-state index in [9.17, 15) is 9.59 Å². The highest BCUT2D eigenvalue weighted by Gasteiger charge is 2.07. The van der Waals surface area contributed by atoms with Gasteiger partial charge in [-0.2, -0.15) is 0 Å². The van der Waals surface area contributed by atoms with Crippen LogP contribution < -0.4 is 20.9 Å². The van der Waals surface area contributed by atoms with Gasteiger partial charge in [0.2, 0.25) is 5.91 Å². The third-order valence-corrected chi connectivity index (χ3v) is 4.21. The Bertz CT molecular complexity index is 800. The minimum absolute atomic E-state index is 0.000987. The average molecular weight is 404 g/mol. The molecular weight excluding hydrogens is 382 g/mol. The molecule has 0 bridgehead atoms. The molecule has 0 unspecified atom stereocenters. The van der Waals surface area contributed by atoms with E-state index in [1.807, 2.05) is 17.5 Å². The lowest BCUT2D eigenvalue weighted by atomic mass is 10.2. The highest BCUT2D eigenvalue weighted by molar-refractivity contribution is 7.80. The molecule has 8 heteroatoms. The third kappa shape index (κ3) is 7.59. The van der Waals surface area contributed by atoms with Crippen molar-refractivity contribution in [2.45, 2.75) is 13.8 Å². The number of thiocarbonyl (C=S) groups is 1. The lowest BCUT2D eigenvalue weighted by Gasteiger charge is -2.11. The third-order valence-electron chi connectivity index (χ3n) is 3.17. The van der Waals surface area contributed by atoms with E-state index in [4.69, 9.17) is 17.0 Å². The first-order valence-corrected chi connectivity index (χ1v) is 9.58. The maximum Gasteiger partial charge on any atom is 0.269 e. The quantitative estimate of drug-likeness (QED) is 0.392.